The number of nitrogens with two attached hydrogens (primary N) is 1. The van der Waals surface area contributed by atoms with Crippen molar-refractivity contribution in [2.24, 2.45) is 5.73 Å². The molecule has 1 amide bonds. The number of carbonyl (C=O) groups excluding carboxylic acids is 1. The molecule has 1 unspecified atom stereocenters. The van der Waals surface area contributed by atoms with Gasteiger partial charge in [-0.05, 0) is 30.5 Å². The molecule has 2 rings (SSSR count). The predicted octanol–water partition coefficient (Wildman–Crippen LogP) is 1.90. The normalized spacial score (nSPS) is 18.8. The molecular formula is C15H21FN2O2. The van der Waals surface area contributed by atoms with E-state index in [0.29, 0.717) is 6.54 Å². The molecular weight excluding hydrogens is 259 g/mol. The van der Waals surface area contributed by atoms with E-state index in [-0.39, 0.29) is 17.8 Å². The minimum absolute atomic E-state index is 0.126. The third-order valence-corrected chi connectivity index (χ3v) is 3.92. The summed E-state index contributed by atoms with van der Waals surface area (Å²) >= 11 is 0. The lowest BCUT2D eigenvalue weighted by atomic mass is 9.98. The molecule has 1 fully saturated rings. The molecule has 20 heavy (non-hydrogen) atoms. The van der Waals surface area contributed by atoms with Gasteiger partial charge in [0.1, 0.15) is 5.82 Å². The summed E-state index contributed by atoms with van der Waals surface area (Å²) in [4.78, 5) is 12.1. The SMILES string of the molecule is COC(CNC(=O)C1(N)CCCC1)c1ccc(F)cc1. The van der Waals surface area contributed by atoms with E-state index in [4.69, 9.17) is 10.5 Å². The molecule has 1 aromatic carbocycles. The van der Waals surface area contributed by atoms with Crippen molar-refractivity contribution in [1.29, 1.82) is 0 Å². The van der Waals surface area contributed by atoms with Gasteiger partial charge in [0, 0.05) is 13.7 Å². The van der Waals surface area contributed by atoms with Gasteiger partial charge in [-0.15, -0.1) is 0 Å². The highest BCUT2D eigenvalue weighted by Gasteiger charge is 2.36. The predicted molar refractivity (Wildman–Crippen MR) is 74.5 cm³/mol. The maximum atomic E-state index is 12.9. The Morgan fingerprint density at radius 2 is 2.00 bits per heavy atom. The summed E-state index contributed by atoms with van der Waals surface area (Å²) < 4.78 is 18.2. The van der Waals surface area contributed by atoms with Crippen molar-refractivity contribution in [3.8, 4) is 0 Å². The molecule has 1 atom stereocenters. The number of rotatable bonds is 5. The zero-order valence-corrected chi connectivity index (χ0v) is 11.7. The summed E-state index contributed by atoms with van der Waals surface area (Å²) in [6.45, 7) is 0.333. The molecule has 0 bridgehead atoms. The van der Waals surface area contributed by atoms with Crippen molar-refractivity contribution in [1.82, 2.24) is 5.32 Å². The molecule has 0 saturated heterocycles. The van der Waals surface area contributed by atoms with Gasteiger partial charge in [0.2, 0.25) is 5.91 Å². The summed E-state index contributed by atoms with van der Waals surface area (Å²) in [5, 5.41) is 2.85. The standard InChI is InChI=1S/C15H21FN2O2/c1-20-13(11-4-6-12(16)7-5-11)10-18-14(19)15(17)8-2-3-9-15/h4-7,13H,2-3,8-10,17H2,1H3,(H,18,19). The lowest BCUT2D eigenvalue weighted by Crippen LogP contribution is -2.52. The van der Waals surface area contributed by atoms with E-state index >= 15 is 0 Å². The van der Waals surface area contributed by atoms with E-state index in [2.05, 4.69) is 5.32 Å². The van der Waals surface area contributed by atoms with E-state index in [0.717, 1.165) is 31.2 Å². The van der Waals surface area contributed by atoms with Crippen molar-refractivity contribution >= 4 is 5.91 Å². The minimum Gasteiger partial charge on any atom is -0.375 e. The maximum absolute atomic E-state index is 12.9. The first-order valence-electron chi connectivity index (χ1n) is 6.90. The topological polar surface area (TPSA) is 64.3 Å². The average Bonchev–Trinajstić information content (AvgIpc) is 2.89. The van der Waals surface area contributed by atoms with Crippen molar-refractivity contribution in [3.05, 3.63) is 35.6 Å². The number of methoxy groups -OCH3 is 1. The summed E-state index contributed by atoms with van der Waals surface area (Å²) in [5.74, 6) is -0.418. The molecule has 1 aliphatic carbocycles. The van der Waals surface area contributed by atoms with Crippen molar-refractivity contribution in [3.63, 3.8) is 0 Å². The fourth-order valence-corrected chi connectivity index (χ4v) is 2.61. The van der Waals surface area contributed by atoms with Gasteiger partial charge in [0.15, 0.2) is 0 Å². The lowest BCUT2D eigenvalue weighted by molar-refractivity contribution is -0.126. The molecule has 0 radical (unpaired) electrons. The zero-order chi connectivity index (χ0) is 14.6. The Labute approximate surface area is 118 Å². The van der Waals surface area contributed by atoms with Gasteiger partial charge >= 0.3 is 0 Å². The van der Waals surface area contributed by atoms with Crippen LogP contribution in [0.5, 0.6) is 0 Å². The fraction of sp³-hybridized carbons (Fsp3) is 0.533. The molecule has 0 aromatic heterocycles. The first kappa shape index (κ1) is 14.9. The van der Waals surface area contributed by atoms with Gasteiger partial charge in [0.05, 0.1) is 11.6 Å². The number of benzene rings is 1. The lowest BCUT2D eigenvalue weighted by Gasteiger charge is -2.24. The maximum Gasteiger partial charge on any atom is 0.240 e. The van der Waals surface area contributed by atoms with E-state index in [9.17, 15) is 9.18 Å². The van der Waals surface area contributed by atoms with Gasteiger partial charge < -0.3 is 15.8 Å². The Bertz CT molecular complexity index is 455. The Morgan fingerprint density at radius 3 is 2.55 bits per heavy atom. The second kappa shape index (κ2) is 6.33. The van der Waals surface area contributed by atoms with Gasteiger partial charge in [-0.25, -0.2) is 4.39 Å². The smallest absolute Gasteiger partial charge is 0.240 e. The first-order chi connectivity index (χ1) is 9.55. The van der Waals surface area contributed by atoms with Gasteiger partial charge in [0.25, 0.3) is 0 Å². The van der Waals surface area contributed by atoms with Crippen LogP contribution in [0.2, 0.25) is 0 Å². The van der Waals surface area contributed by atoms with Gasteiger partial charge in [-0.1, -0.05) is 25.0 Å². The van der Waals surface area contributed by atoms with E-state index in [1.807, 2.05) is 0 Å². The number of amides is 1. The van der Waals surface area contributed by atoms with Crippen LogP contribution >= 0.6 is 0 Å². The molecule has 110 valence electrons. The highest BCUT2D eigenvalue weighted by molar-refractivity contribution is 5.86. The van der Waals surface area contributed by atoms with Crippen LogP contribution in [0, 0.1) is 5.82 Å². The highest BCUT2D eigenvalue weighted by atomic mass is 19.1. The largest absolute Gasteiger partial charge is 0.375 e. The first-order valence-corrected chi connectivity index (χ1v) is 6.90. The van der Waals surface area contributed by atoms with Crippen LogP contribution in [0.25, 0.3) is 0 Å². The van der Waals surface area contributed by atoms with E-state index in [1.54, 1.807) is 19.2 Å². The number of hydrogen-bond acceptors (Lipinski definition) is 3. The summed E-state index contributed by atoms with van der Waals surface area (Å²) in [5.41, 5.74) is 6.18. The Balaban J connectivity index is 1.94. The molecule has 4 nitrogen and oxygen atoms in total. The Morgan fingerprint density at radius 1 is 1.40 bits per heavy atom. The number of hydrogen-bond donors (Lipinski definition) is 2. The van der Waals surface area contributed by atoms with Crippen molar-refractivity contribution < 1.29 is 13.9 Å². The number of ether oxygens (including phenoxy) is 1. The van der Waals surface area contributed by atoms with Crippen molar-refractivity contribution in [2.45, 2.75) is 37.3 Å². The van der Waals surface area contributed by atoms with Gasteiger partial charge in [-0.3, -0.25) is 4.79 Å². The van der Waals surface area contributed by atoms with Crippen LogP contribution in [-0.4, -0.2) is 25.1 Å². The molecule has 0 aliphatic heterocycles. The summed E-state index contributed by atoms with van der Waals surface area (Å²) in [6, 6.07) is 6.07. The molecule has 3 N–H and O–H groups in total. The van der Waals surface area contributed by atoms with Crippen LogP contribution in [0.1, 0.15) is 37.4 Å². The van der Waals surface area contributed by atoms with E-state index in [1.165, 1.54) is 12.1 Å². The van der Waals surface area contributed by atoms with Crippen LogP contribution in [0.4, 0.5) is 4.39 Å². The minimum atomic E-state index is -0.735. The second-order valence-electron chi connectivity index (χ2n) is 5.35. The number of nitrogens with one attached hydrogen (secondary N) is 1. The average molecular weight is 280 g/mol. The Kier molecular flexibility index (Phi) is 4.73. The molecule has 1 aliphatic rings. The zero-order valence-electron chi connectivity index (χ0n) is 11.7. The highest BCUT2D eigenvalue weighted by Crippen LogP contribution is 2.27. The molecule has 1 aromatic rings. The monoisotopic (exact) mass is 280 g/mol. The van der Waals surface area contributed by atoms with Crippen LogP contribution < -0.4 is 11.1 Å². The Hall–Kier alpha value is -1.46. The second-order valence-corrected chi connectivity index (χ2v) is 5.35. The molecule has 1 saturated carbocycles. The molecule has 0 spiro atoms. The van der Waals surface area contributed by atoms with Gasteiger partial charge in [-0.2, -0.15) is 0 Å². The van der Waals surface area contributed by atoms with Crippen LogP contribution in [0.3, 0.4) is 0 Å². The van der Waals surface area contributed by atoms with Crippen molar-refractivity contribution in [2.75, 3.05) is 13.7 Å². The molecule has 0 heterocycles. The number of carbonyl (C=O) groups is 1. The summed E-state index contributed by atoms with van der Waals surface area (Å²) in [7, 11) is 1.56. The molecule has 5 heteroatoms. The quantitative estimate of drug-likeness (QED) is 0.866. The summed E-state index contributed by atoms with van der Waals surface area (Å²) in [6.07, 6.45) is 3.15. The third-order valence-electron chi connectivity index (χ3n) is 3.92. The third kappa shape index (κ3) is 3.35. The number of halogens is 1. The fourth-order valence-electron chi connectivity index (χ4n) is 2.61. The van der Waals surface area contributed by atoms with E-state index < -0.39 is 5.54 Å². The van der Waals surface area contributed by atoms with Crippen LogP contribution in [0.15, 0.2) is 24.3 Å². The van der Waals surface area contributed by atoms with Crippen LogP contribution in [-0.2, 0) is 9.53 Å².